The molecule has 0 bridgehead atoms. The van der Waals surface area contributed by atoms with E-state index >= 15 is 0 Å². The Morgan fingerprint density at radius 1 is 1.47 bits per heavy atom. The van der Waals surface area contributed by atoms with Gasteiger partial charge in [-0.25, -0.2) is 0 Å². The lowest BCUT2D eigenvalue weighted by atomic mass is 10.0. The third kappa shape index (κ3) is 3.05. The number of amides is 1. The predicted molar refractivity (Wildman–Crippen MR) is 65.3 cm³/mol. The largest absolute Gasteiger partial charge is 0.381 e. The summed E-state index contributed by atoms with van der Waals surface area (Å²) < 4.78 is 5.21. The fraction of sp³-hybridized carbons (Fsp3) is 0.462. The van der Waals surface area contributed by atoms with Crippen LogP contribution >= 0.6 is 0 Å². The van der Waals surface area contributed by atoms with Gasteiger partial charge in [-0.2, -0.15) is 0 Å². The molecule has 1 aliphatic heterocycles. The maximum Gasteiger partial charge on any atom is 0.226 e. The maximum atomic E-state index is 11.9. The number of nitrogens with two attached hydrogens (primary N) is 1. The number of benzene rings is 1. The molecule has 1 aliphatic rings. The van der Waals surface area contributed by atoms with E-state index < -0.39 is 0 Å². The molecule has 2 atom stereocenters. The van der Waals surface area contributed by atoms with Gasteiger partial charge in [0.1, 0.15) is 0 Å². The van der Waals surface area contributed by atoms with E-state index in [9.17, 15) is 4.79 Å². The maximum absolute atomic E-state index is 11.9. The lowest BCUT2D eigenvalue weighted by Gasteiger charge is -2.19. The second kappa shape index (κ2) is 5.80. The predicted octanol–water partition coefficient (Wildman–Crippen LogP) is 0.839. The highest BCUT2D eigenvalue weighted by molar-refractivity contribution is 5.79. The van der Waals surface area contributed by atoms with Gasteiger partial charge in [0.25, 0.3) is 0 Å². The third-order valence-corrected chi connectivity index (χ3v) is 3.05. The highest BCUT2D eigenvalue weighted by Gasteiger charge is 2.25. The first-order valence-corrected chi connectivity index (χ1v) is 5.94. The molecule has 1 aromatic carbocycles. The lowest BCUT2D eigenvalue weighted by molar-refractivity contribution is -0.125. The van der Waals surface area contributed by atoms with Gasteiger partial charge >= 0.3 is 0 Å². The summed E-state index contributed by atoms with van der Waals surface area (Å²) >= 11 is 0. The van der Waals surface area contributed by atoms with Gasteiger partial charge in [-0.1, -0.05) is 30.3 Å². The monoisotopic (exact) mass is 234 g/mol. The average molecular weight is 234 g/mol. The van der Waals surface area contributed by atoms with E-state index in [0.29, 0.717) is 19.8 Å². The molecule has 4 nitrogen and oxygen atoms in total. The minimum absolute atomic E-state index is 0.0206. The molecule has 17 heavy (non-hydrogen) atoms. The molecular weight excluding hydrogens is 216 g/mol. The number of carbonyl (C=O) groups excluding carboxylic acids is 1. The molecular formula is C13H18N2O2. The van der Waals surface area contributed by atoms with Gasteiger partial charge in [0.2, 0.25) is 5.91 Å². The van der Waals surface area contributed by atoms with E-state index in [0.717, 1.165) is 12.0 Å². The van der Waals surface area contributed by atoms with Crippen molar-refractivity contribution in [2.45, 2.75) is 12.5 Å². The highest BCUT2D eigenvalue weighted by Crippen LogP contribution is 2.16. The number of hydrogen-bond donors (Lipinski definition) is 2. The second-order valence-electron chi connectivity index (χ2n) is 4.27. The summed E-state index contributed by atoms with van der Waals surface area (Å²) in [7, 11) is 0. The smallest absolute Gasteiger partial charge is 0.226 e. The molecule has 0 aliphatic carbocycles. The standard InChI is InChI=1S/C13H18N2O2/c14-8-12(10-4-2-1-3-5-10)15-13(16)11-6-7-17-9-11/h1-5,11-12H,6-9,14H2,(H,15,16). The Kier molecular flexibility index (Phi) is 4.12. The van der Waals surface area contributed by atoms with E-state index in [1.54, 1.807) is 0 Å². The number of carbonyl (C=O) groups is 1. The van der Waals surface area contributed by atoms with Crippen LogP contribution in [0.5, 0.6) is 0 Å². The van der Waals surface area contributed by atoms with Crippen LogP contribution in [0.25, 0.3) is 0 Å². The summed E-state index contributed by atoms with van der Waals surface area (Å²) in [5.74, 6) is 0.0227. The first kappa shape index (κ1) is 12.1. The van der Waals surface area contributed by atoms with Crippen LogP contribution in [0.3, 0.4) is 0 Å². The van der Waals surface area contributed by atoms with E-state index in [4.69, 9.17) is 10.5 Å². The molecule has 0 saturated carbocycles. The Labute approximate surface area is 101 Å². The van der Waals surface area contributed by atoms with Crippen molar-refractivity contribution in [2.24, 2.45) is 11.7 Å². The molecule has 2 unspecified atom stereocenters. The summed E-state index contributed by atoms with van der Waals surface area (Å²) in [6.07, 6.45) is 0.803. The normalized spacial score (nSPS) is 21.1. The van der Waals surface area contributed by atoms with Crippen molar-refractivity contribution >= 4 is 5.91 Å². The van der Waals surface area contributed by atoms with Crippen LogP contribution in [0.1, 0.15) is 18.0 Å². The quantitative estimate of drug-likeness (QED) is 0.811. The van der Waals surface area contributed by atoms with Crippen molar-refractivity contribution in [1.29, 1.82) is 0 Å². The molecule has 1 saturated heterocycles. The summed E-state index contributed by atoms with van der Waals surface area (Å²) in [4.78, 5) is 11.9. The Morgan fingerprint density at radius 3 is 2.82 bits per heavy atom. The van der Waals surface area contributed by atoms with Gasteiger partial charge in [-0.15, -0.1) is 0 Å². The molecule has 1 aromatic rings. The molecule has 1 heterocycles. The van der Waals surface area contributed by atoms with Gasteiger partial charge in [-0.3, -0.25) is 4.79 Å². The number of hydrogen-bond acceptors (Lipinski definition) is 3. The summed E-state index contributed by atoms with van der Waals surface area (Å²) in [6.45, 7) is 1.61. The van der Waals surface area contributed by atoms with E-state index in [-0.39, 0.29) is 17.9 Å². The molecule has 0 aromatic heterocycles. The van der Waals surface area contributed by atoms with Gasteiger partial charge in [0.05, 0.1) is 18.6 Å². The molecule has 92 valence electrons. The van der Waals surface area contributed by atoms with Crippen LogP contribution in [0.15, 0.2) is 30.3 Å². The van der Waals surface area contributed by atoms with Gasteiger partial charge in [0, 0.05) is 13.2 Å². The summed E-state index contributed by atoms with van der Waals surface area (Å²) in [5, 5.41) is 2.98. The molecule has 0 spiro atoms. The van der Waals surface area contributed by atoms with E-state index in [1.807, 2.05) is 30.3 Å². The minimum atomic E-state index is -0.107. The molecule has 1 fully saturated rings. The van der Waals surface area contributed by atoms with Crippen LogP contribution in [-0.2, 0) is 9.53 Å². The fourth-order valence-corrected chi connectivity index (χ4v) is 1.99. The minimum Gasteiger partial charge on any atom is -0.381 e. The van der Waals surface area contributed by atoms with Crippen molar-refractivity contribution < 1.29 is 9.53 Å². The van der Waals surface area contributed by atoms with Crippen molar-refractivity contribution in [3.05, 3.63) is 35.9 Å². The van der Waals surface area contributed by atoms with Crippen LogP contribution in [0.4, 0.5) is 0 Å². The Morgan fingerprint density at radius 2 is 2.24 bits per heavy atom. The third-order valence-electron chi connectivity index (χ3n) is 3.05. The van der Waals surface area contributed by atoms with Gasteiger partial charge in [0.15, 0.2) is 0 Å². The van der Waals surface area contributed by atoms with E-state index in [2.05, 4.69) is 5.32 Å². The molecule has 3 N–H and O–H groups in total. The van der Waals surface area contributed by atoms with Gasteiger partial charge < -0.3 is 15.8 Å². The van der Waals surface area contributed by atoms with Crippen LogP contribution in [0.2, 0.25) is 0 Å². The number of nitrogens with one attached hydrogen (secondary N) is 1. The molecule has 1 amide bonds. The second-order valence-corrected chi connectivity index (χ2v) is 4.27. The SMILES string of the molecule is NCC(NC(=O)C1CCOC1)c1ccccc1. The molecule has 2 rings (SSSR count). The van der Waals surface area contributed by atoms with Crippen LogP contribution in [0, 0.1) is 5.92 Å². The van der Waals surface area contributed by atoms with Crippen molar-refractivity contribution in [3.63, 3.8) is 0 Å². The fourth-order valence-electron chi connectivity index (χ4n) is 1.99. The lowest BCUT2D eigenvalue weighted by Crippen LogP contribution is -2.37. The first-order valence-electron chi connectivity index (χ1n) is 5.94. The van der Waals surface area contributed by atoms with Crippen LogP contribution in [-0.4, -0.2) is 25.7 Å². The Balaban J connectivity index is 1.97. The first-order chi connectivity index (χ1) is 8.31. The van der Waals surface area contributed by atoms with Crippen LogP contribution < -0.4 is 11.1 Å². The summed E-state index contributed by atoms with van der Waals surface area (Å²) in [6, 6.07) is 9.69. The van der Waals surface area contributed by atoms with Crippen molar-refractivity contribution in [1.82, 2.24) is 5.32 Å². The van der Waals surface area contributed by atoms with E-state index in [1.165, 1.54) is 0 Å². The zero-order valence-corrected chi connectivity index (χ0v) is 9.76. The molecule has 0 radical (unpaired) electrons. The zero-order chi connectivity index (χ0) is 12.1. The summed E-state index contributed by atoms with van der Waals surface area (Å²) in [5.41, 5.74) is 6.75. The Bertz CT molecular complexity index is 361. The number of ether oxygens (including phenoxy) is 1. The van der Waals surface area contributed by atoms with Crippen molar-refractivity contribution in [3.8, 4) is 0 Å². The van der Waals surface area contributed by atoms with Crippen molar-refractivity contribution in [2.75, 3.05) is 19.8 Å². The topological polar surface area (TPSA) is 64.3 Å². The average Bonchev–Trinajstić information content (AvgIpc) is 2.90. The number of rotatable bonds is 4. The zero-order valence-electron chi connectivity index (χ0n) is 9.76. The highest BCUT2D eigenvalue weighted by atomic mass is 16.5. The van der Waals surface area contributed by atoms with Gasteiger partial charge in [-0.05, 0) is 12.0 Å². The Hall–Kier alpha value is -1.39. The molecule has 4 heteroatoms.